The van der Waals surface area contributed by atoms with Crippen LogP contribution in [0.25, 0.3) is 0 Å². The smallest absolute Gasteiger partial charge is 0.268 e. The Labute approximate surface area is 144 Å². The standard InChI is InChI=1S/C16H19ClN4OS/c17-12-3-1-4-13(9-12)21-6-2-5-20(7-8-21)10-15-19-14(11-23-15)16(18)22/h1,3-4,9,11H,2,5-8,10H2,(H2,18,22). The van der Waals surface area contributed by atoms with Crippen LogP contribution in [0.15, 0.2) is 29.6 Å². The second-order valence-corrected chi connectivity index (χ2v) is 6.97. The maximum absolute atomic E-state index is 11.1. The van der Waals surface area contributed by atoms with E-state index in [1.165, 1.54) is 17.0 Å². The van der Waals surface area contributed by atoms with E-state index in [0.29, 0.717) is 5.69 Å². The summed E-state index contributed by atoms with van der Waals surface area (Å²) in [5.41, 5.74) is 6.79. The average molecular weight is 351 g/mol. The van der Waals surface area contributed by atoms with E-state index in [1.807, 2.05) is 18.2 Å². The van der Waals surface area contributed by atoms with Gasteiger partial charge in [0.1, 0.15) is 10.7 Å². The van der Waals surface area contributed by atoms with Crippen LogP contribution in [0, 0.1) is 0 Å². The zero-order chi connectivity index (χ0) is 16.2. The number of rotatable bonds is 4. The lowest BCUT2D eigenvalue weighted by atomic mass is 10.2. The quantitative estimate of drug-likeness (QED) is 0.920. The van der Waals surface area contributed by atoms with Crippen molar-refractivity contribution < 1.29 is 4.79 Å². The number of anilines is 1. The average Bonchev–Trinajstić information content (AvgIpc) is 2.86. The number of nitrogens with zero attached hydrogens (tertiary/aromatic N) is 3. The van der Waals surface area contributed by atoms with Gasteiger partial charge in [0.2, 0.25) is 0 Å². The molecule has 1 aliphatic heterocycles. The minimum absolute atomic E-state index is 0.361. The predicted molar refractivity (Wildman–Crippen MR) is 94.2 cm³/mol. The molecule has 23 heavy (non-hydrogen) atoms. The third-order valence-corrected chi connectivity index (χ3v) is 4.99. The molecule has 1 saturated heterocycles. The van der Waals surface area contributed by atoms with Crippen LogP contribution in [0.2, 0.25) is 5.02 Å². The number of halogens is 1. The van der Waals surface area contributed by atoms with Crippen molar-refractivity contribution in [1.82, 2.24) is 9.88 Å². The molecule has 0 unspecified atom stereocenters. The molecule has 2 aromatic rings. The lowest BCUT2D eigenvalue weighted by Crippen LogP contribution is -2.30. The maximum Gasteiger partial charge on any atom is 0.268 e. The van der Waals surface area contributed by atoms with Crippen LogP contribution in [0.4, 0.5) is 5.69 Å². The number of nitrogens with two attached hydrogens (primary N) is 1. The van der Waals surface area contributed by atoms with Crippen molar-refractivity contribution >= 4 is 34.5 Å². The first kappa shape index (κ1) is 16.2. The second kappa shape index (κ2) is 7.29. The molecule has 1 aliphatic rings. The molecule has 3 rings (SSSR count). The number of aromatic nitrogens is 1. The molecule has 2 heterocycles. The molecule has 1 aromatic carbocycles. The van der Waals surface area contributed by atoms with Gasteiger partial charge in [-0.3, -0.25) is 9.69 Å². The van der Waals surface area contributed by atoms with Crippen molar-refractivity contribution in [2.24, 2.45) is 5.73 Å². The topological polar surface area (TPSA) is 62.5 Å². The summed E-state index contributed by atoms with van der Waals surface area (Å²) in [4.78, 5) is 20.2. The molecule has 122 valence electrons. The van der Waals surface area contributed by atoms with Crippen molar-refractivity contribution in [2.75, 3.05) is 31.1 Å². The fraction of sp³-hybridized carbons (Fsp3) is 0.375. The van der Waals surface area contributed by atoms with Crippen LogP contribution < -0.4 is 10.6 Å². The number of primary amides is 1. The van der Waals surface area contributed by atoms with E-state index in [0.717, 1.165) is 49.2 Å². The number of hydrogen-bond donors (Lipinski definition) is 1. The number of amides is 1. The predicted octanol–water partition coefficient (Wildman–Crippen LogP) is 2.61. The molecule has 0 aliphatic carbocycles. The number of thiazole rings is 1. The van der Waals surface area contributed by atoms with Gasteiger partial charge in [0.25, 0.3) is 5.91 Å². The van der Waals surface area contributed by atoms with Crippen LogP contribution in [-0.2, 0) is 6.54 Å². The van der Waals surface area contributed by atoms with Gasteiger partial charge in [-0.1, -0.05) is 17.7 Å². The summed E-state index contributed by atoms with van der Waals surface area (Å²) >= 11 is 7.58. The highest BCUT2D eigenvalue weighted by atomic mass is 35.5. The highest BCUT2D eigenvalue weighted by molar-refractivity contribution is 7.09. The Hall–Kier alpha value is -1.63. The first-order chi connectivity index (χ1) is 11.1. The van der Waals surface area contributed by atoms with E-state index >= 15 is 0 Å². The van der Waals surface area contributed by atoms with Crippen molar-refractivity contribution in [3.8, 4) is 0 Å². The summed E-state index contributed by atoms with van der Waals surface area (Å²) in [7, 11) is 0. The third-order valence-electron chi connectivity index (χ3n) is 3.92. The van der Waals surface area contributed by atoms with Crippen molar-refractivity contribution in [3.63, 3.8) is 0 Å². The normalized spacial score (nSPS) is 16.3. The fourth-order valence-electron chi connectivity index (χ4n) is 2.75. The van der Waals surface area contributed by atoms with Crippen LogP contribution >= 0.6 is 22.9 Å². The van der Waals surface area contributed by atoms with Gasteiger partial charge < -0.3 is 10.6 Å². The second-order valence-electron chi connectivity index (χ2n) is 5.59. The molecule has 7 heteroatoms. The molecule has 0 radical (unpaired) electrons. The number of benzene rings is 1. The molecule has 0 saturated carbocycles. The van der Waals surface area contributed by atoms with Crippen LogP contribution in [0.1, 0.15) is 21.9 Å². The minimum Gasteiger partial charge on any atom is -0.370 e. The molecular formula is C16H19ClN4OS. The molecular weight excluding hydrogens is 332 g/mol. The van der Waals surface area contributed by atoms with E-state index in [2.05, 4.69) is 20.9 Å². The van der Waals surface area contributed by atoms with E-state index in [9.17, 15) is 4.79 Å². The molecule has 1 fully saturated rings. The Morgan fingerprint density at radius 1 is 1.30 bits per heavy atom. The monoisotopic (exact) mass is 350 g/mol. The molecule has 0 atom stereocenters. The van der Waals surface area contributed by atoms with Gasteiger partial charge in [0, 0.05) is 42.3 Å². The molecule has 0 spiro atoms. The lowest BCUT2D eigenvalue weighted by molar-refractivity contribution is 0.0996. The summed E-state index contributed by atoms with van der Waals surface area (Å²) in [6, 6.07) is 7.99. The molecule has 5 nitrogen and oxygen atoms in total. The van der Waals surface area contributed by atoms with E-state index in [4.69, 9.17) is 17.3 Å². The van der Waals surface area contributed by atoms with Gasteiger partial charge in [-0.25, -0.2) is 4.98 Å². The van der Waals surface area contributed by atoms with Crippen molar-refractivity contribution in [1.29, 1.82) is 0 Å². The number of carbonyl (C=O) groups excluding carboxylic acids is 1. The summed E-state index contributed by atoms with van der Waals surface area (Å²) in [5, 5.41) is 3.44. The zero-order valence-corrected chi connectivity index (χ0v) is 14.3. The van der Waals surface area contributed by atoms with Gasteiger partial charge >= 0.3 is 0 Å². The Bertz CT molecular complexity index is 690. The minimum atomic E-state index is -0.463. The van der Waals surface area contributed by atoms with Gasteiger partial charge in [0.15, 0.2) is 0 Å². The van der Waals surface area contributed by atoms with Crippen molar-refractivity contribution in [3.05, 3.63) is 45.4 Å². The molecule has 0 bridgehead atoms. The summed E-state index contributed by atoms with van der Waals surface area (Å²) in [6.45, 7) is 4.71. The maximum atomic E-state index is 11.1. The Kier molecular flexibility index (Phi) is 5.15. The zero-order valence-electron chi connectivity index (χ0n) is 12.7. The van der Waals surface area contributed by atoms with E-state index in [1.54, 1.807) is 5.38 Å². The molecule has 1 amide bonds. The highest BCUT2D eigenvalue weighted by Crippen LogP contribution is 2.21. The summed E-state index contributed by atoms with van der Waals surface area (Å²) in [6.07, 6.45) is 1.08. The van der Waals surface area contributed by atoms with Crippen LogP contribution in [-0.4, -0.2) is 42.0 Å². The summed E-state index contributed by atoms with van der Waals surface area (Å²) < 4.78 is 0. The largest absolute Gasteiger partial charge is 0.370 e. The van der Waals surface area contributed by atoms with E-state index in [-0.39, 0.29) is 0 Å². The highest BCUT2D eigenvalue weighted by Gasteiger charge is 2.17. The van der Waals surface area contributed by atoms with Gasteiger partial charge in [0.05, 0.1) is 6.54 Å². The number of hydrogen-bond acceptors (Lipinski definition) is 5. The SMILES string of the molecule is NC(=O)c1csc(CN2CCCN(c3cccc(Cl)c3)CC2)n1. The van der Waals surface area contributed by atoms with Gasteiger partial charge in [-0.2, -0.15) is 0 Å². The lowest BCUT2D eigenvalue weighted by Gasteiger charge is -2.23. The Morgan fingerprint density at radius 3 is 2.91 bits per heavy atom. The third kappa shape index (κ3) is 4.22. The number of carbonyl (C=O) groups is 1. The van der Waals surface area contributed by atoms with Crippen molar-refractivity contribution in [2.45, 2.75) is 13.0 Å². The Balaban J connectivity index is 1.60. The first-order valence-corrected chi connectivity index (χ1v) is 8.84. The summed E-state index contributed by atoms with van der Waals surface area (Å²) in [5.74, 6) is -0.463. The van der Waals surface area contributed by atoms with E-state index < -0.39 is 5.91 Å². The van der Waals surface area contributed by atoms with Gasteiger partial charge in [-0.15, -0.1) is 11.3 Å². The Morgan fingerprint density at radius 2 is 2.17 bits per heavy atom. The van der Waals surface area contributed by atoms with Crippen LogP contribution in [0.5, 0.6) is 0 Å². The van der Waals surface area contributed by atoms with Crippen LogP contribution in [0.3, 0.4) is 0 Å². The molecule has 1 aromatic heterocycles. The first-order valence-electron chi connectivity index (χ1n) is 7.59. The fourth-order valence-corrected chi connectivity index (χ4v) is 3.76. The molecule has 2 N–H and O–H groups in total. The van der Waals surface area contributed by atoms with Gasteiger partial charge in [-0.05, 0) is 24.6 Å².